The highest BCUT2D eigenvalue weighted by molar-refractivity contribution is 5.40. The average Bonchev–Trinajstić information content (AvgIpc) is 2.36. The summed E-state index contributed by atoms with van der Waals surface area (Å²) in [6.07, 6.45) is 6.59. The third-order valence-corrected chi connectivity index (χ3v) is 3.29. The van der Waals surface area contributed by atoms with Gasteiger partial charge in [-0.15, -0.1) is 0 Å². The SMILES string of the molecule is CC1=C2C(=C(C)NN2C)CCCCC1. The Hall–Kier alpha value is -0.920. The summed E-state index contributed by atoms with van der Waals surface area (Å²) in [4.78, 5) is 0. The molecule has 2 heteroatoms. The molecule has 1 aliphatic heterocycles. The van der Waals surface area contributed by atoms with Crippen molar-refractivity contribution in [2.75, 3.05) is 7.05 Å². The van der Waals surface area contributed by atoms with E-state index in [-0.39, 0.29) is 0 Å². The minimum absolute atomic E-state index is 1.25. The predicted molar refractivity (Wildman–Crippen MR) is 59.4 cm³/mol. The lowest BCUT2D eigenvalue weighted by Crippen LogP contribution is -2.26. The molecule has 0 bridgehead atoms. The van der Waals surface area contributed by atoms with Crippen LogP contribution in [0.1, 0.15) is 46.0 Å². The van der Waals surface area contributed by atoms with Crippen LogP contribution in [0.5, 0.6) is 0 Å². The van der Waals surface area contributed by atoms with Gasteiger partial charge in [-0.25, -0.2) is 0 Å². The second kappa shape index (κ2) is 3.68. The molecule has 0 saturated heterocycles. The maximum Gasteiger partial charge on any atom is 0.0607 e. The Kier molecular flexibility index (Phi) is 2.53. The first-order valence-corrected chi connectivity index (χ1v) is 5.60. The van der Waals surface area contributed by atoms with Crippen molar-refractivity contribution in [3.05, 3.63) is 22.5 Å². The zero-order valence-corrected chi connectivity index (χ0v) is 9.48. The van der Waals surface area contributed by atoms with E-state index in [4.69, 9.17) is 0 Å². The van der Waals surface area contributed by atoms with Crippen LogP contribution in [0.15, 0.2) is 22.5 Å². The fraction of sp³-hybridized carbons (Fsp3) is 0.667. The molecule has 0 saturated carbocycles. The van der Waals surface area contributed by atoms with Gasteiger partial charge >= 0.3 is 0 Å². The van der Waals surface area contributed by atoms with Gasteiger partial charge in [0.1, 0.15) is 0 Å². The average molecular weight is 192 g/mol. The Morgan fingerprint density at radius 1 is 1.07 bits per heavy atom. The number of allylic oxidation sites excluding steroid dienone is 3. The smallest absolute Gasteiger partial charge is 0.0607 e. The Balaban J connectivity index is 2.39. The van der Waals surface area contributed by atoms with Crippen molar-refractivity contribution in [1.29, 1.82) is 0 Å². The summed E-state index contributed by atoms with van der Waals surface area (Å²) in [5.41, 5.74) is 9.30. The highest BCUT2D eigenvalue weighted by Crippen LogP contribution is 2.33. The van der Waals surface area contributed by atoms with Crippen molar-refractivity contribution in [2.45, 2.75) is 46.0 Å². The lowest BCUT2D eigenvalue weighted by atomic mass is 9.94. The van der Waals surface area contributed by atoms with Crippen LogP contribution in [0, 0.1) is 0 Å². The number of nitrogens with one attached hydrogen (secondary N) is 1. The second-order valence-electron chi connectivity index (χ2n) is 4.46. The number of nitrogens with zero attached hydrogens (tertiary/aromatic N) is 1. The van der Waals surface area contributed by atoms with Crippen molar-refractivity contribution >= 4 is 0 Å². The predicted octanol–water partition coefficient (Wildman–Crippen LogP) is 2.95. The van der Waals surface area contributed by atoms with Crippen molar-refractivity contribution in [3.63, 3.8) is 0 Å². The van der Waals surface area contributed by atoms with Gasteiger partial charge in [0.05, 0.1) is 5.70 Å². The molecule has 14 heavy (non-hydrogen) atoms. The number of hydrogen-bond donors (Lipinski definition) is 1. The molecule has 0 aromatic heterocycles. The molecule has 0 fully saturated rings. The largest absolute Gasteiger partial charge is 0.303 e. The van der Waals surface area contributed by atoms with Crippen LogP contribution in [-0.2, 0) is 0 Å². The highest BCUT2D eigenvalue weighted by Gasteiger charge is 2.23. The van der Waals surface area contributed by atoms with Crippen LogP contribution in [0.3, 0.4) is 0 Å². The van der Waals surface area contributed by atoms with E-state index in [1.165, 1.54) is 43.5 Å². The van der Waals surface area contributed by atoms with E-state index in [1.807, 2.05) is 0 Å². The summed E-state index contributed by atoms with van der Waals surface area (Å²) in [7, 11) is 2.12. The van der Waals surface area contributed by atoms with E-state index >= 15 is 0 Å². The van der Waals surface area contributed by atoms with Gasteiger partial charge in [-0.1, -0.05) is 6.42 Å². The van der Waals surface area contributed by atoms with E-state index in [1.54, 1.807) is 11.1 Å². The van der Waals surface area contributed by atoms with Crippen molar-refractivity contribution in [2.24, 2.45) is 0 Å². The number of rotatable bonds is 0. The number of hydrogen-bond acceptors (Lipinski definition) is 2. The van der Waals surface area contributed by atoms with Gasteiger partial charge in [-0.05, 0) is 50.7 Å². The van der Waals surface area contributed by atoms with E-state index in [0.717, 1.165) is 0 Å². The van der Waals surface area contributed by atoms with E-state index in [0.29, 0.717) is 0 Å². The molecule has 2 aliphatic rings. The van der Waals surface area contributed by atoms with Gasteiger partial charge in [-0.2, -0.15) is 0 Å². The van der Waals surface area contributed by atoms with Crippen LogP contribution in [0.2, 0.25) is 0 Å². The summed E-state index contributed by atoms with van der Waals surface area (Å²) in [5.74, 6) is 0. The molecule has 0 aromatic rings. The second-order valence-corrected chi connectivity index (χ2v) is 4.46. The summed E-state index contributed by atoms with van der Waals surface area (Å²) < 4.78 is 0. The molecular weight excluding hydrogens is 172 g/mol. The normalized spacial score (nSPS) is 23.2. The van der Waals surface area contributed by atoms with Gasteiger partial charge < -0.3 is 5.43 Å². The summed E-state index contributed by atoms with van der Waals surface area (Å²) in [6.45, 7) is 4.46. The maximum atomic E-state index is 3.40. The standard InChI is InChI=1S/C12H20N2/c1-9-7-5-4-6-8-11-10(2)13-14(3)12(9)11/h13H,4-8H2,1-3H3. The Bertz CT molecular complexity index is 299. The van der Waals surface area contributed by atoms with Crippen molar-refractivity contribution < 1.29 is 0 Å². The molecule has 1 aliphatic carbocycles. The van der Waals surface area contributed by atoms with Gasteiger partial charge in [0.15, 0.2) is 0 Å². The molecule has 2 nitrogen and oxygen atoms in total. The Morgan fingerprint density at radius 3 is 2.57 bits per heavy atom. The molecule has 78 valence electrons. The van der Waals surface area contributed by atoms with Gasteiger partial charge in [0.2, 0.25) is 0 Å². The molecule has 0 aromatic carbocycles. The number of likely N-dealkylation sites (N-methyl/N-ethyl adjacent to an activating group) is 1. The van der Waals surface area contributed by atoms with Crippen LogP contribution in [-0.4, -0.2) is 12.1 Å². The molecule has 0 unspecified atom stereocenters. The molecule has 1 heterocycles. The van der Waals surface area contributed by atoms with E-state index < -0.39 is 0 Å². The molecule has 0 amide bonds. The lowest BCUT2D eigenvalue weighted by Gasteiger charge is -2.21. The van der Waals surface area contributed by atoms with E-state index in [2.05, 4.69) is 31.3 Å². The minimum Gasteiger partial charge on any atom is -0.303 e. The third-order valence-electron chi connectivity index (χ3n) is 3.29. The zero-order chi connectivity index (χ0) is 10.1. The third kappa shape index (κ3) is 1.54. The summed E-state index contributed by atoms with van der Waals surface area (Å²) in [6, 6.07) is 0. The van der Waals surface area contributed by atoms with Gasteiger partial charge in [0.25, 0.3) is 0 Å². The Morgan fingerprint density at radius 2 is 1.79 bits per heavy atom. The number of hydrazine groups is 1. The molecule has 2 rings (SSSR count). The van der Waals surface area contributed by atoms with Crippen LogP contribution < -0.4 is 5.43 Å². The maximum absolute atomic E-state index is 3.40. The van der Waals surface area contributed by atoms with Crippen LogP contribution in [0.4, 0.5) is 0 Å². The summed E-state index contributed by atoms with van der Waals surface area (Å²) >= 11 is 0. The Labute approximate surface area is 86.6 Å². The highest BCUT2D eigenvalue weighted by atomic mass is 15.5. The first kappa shape index (κ1) is 9.63. The molecule has 1 N–H and O–H groups in total. The number of fused-ring (bicyclic) bond motifs is 1. The monoisotopic (exact) mass is 192 g/mol. The lowest BCUT2D eigenvalue weighted by molar-refractivity contribution is 0.365. The topological polar surface area (TPSA) is 15.3 Å². The minimum atomic E-state index is 1.25. The fourth-order valence-corrected chi connectivity index (χ4v) is 2.59. The van der Waals surface area contributed by atoms with E-state index in [9.17, 15) is 0 Å². The quantitative estimate of drug-likeness (QED) is 0.635. The first-order valence-electron chi connectivity index (χ1n) is 5.60. The molecule has 0 spiro atoms. The summed E-state index contributed by atoms with van der Waals surface area (Å²) in [5, 5.41) is 2.19. The van der Waals surface area contributed by atoms with Crippen molar-refractivity contribution in [3.8, 4) is 0 Å². The molecular formula is C12H20N2. The van der Waals surface area contributed by atoms with Crippen molar-refractivity contribution in [1.82, 2.24) is 10.4 Å². The first-order chi connectivity index (χ1) is 6.70. The van der Waals surface area contributed by atoms with Gasteiger partial charge in [-0.3, -0.25) is 5.01 Å². The van der Waals surface area contributed by atoms with Crippen LogP contribution in [0.25, 0.3) is 0 Å². The van der Waals surface area contributed by atoms with Gasteiger partial charge in [0, 0.05) is 12.7 Å². The van der Waals surface area contributed by atoms with Crippen LogP contribution >= 0.6 is 0 Å². The molecule has 0 radical (unpaired) electrons. The molecule has 0 atom stereocenters. The fourth-order valence-electron chi connectivity index (χ4n) is 2.59. The zero-order valence-electron chi connectivity index (χ0n) is 9.48.